The number of carbonyl (C=O) groups is 2. The van der Waals surface area contributed by atoms with E-state index in [4.69, 9.17) is 5.11 Å². The molecular weight excluding hydrogens is 340 g/mol. The van der Waals surface area contributed by atoms with Crippen molar-refractivity contribution in [2.45, 2.75) is 26.3 Å². The number of aromatic amines is 1. The Morgan fingerprint density at radius 2 is 1.93 bits per heavy atom. The van der Waals surface area contributed by atoms with Crippen molar-refractivity contribution in [3.05, 3.63) is 77.0 Å². The minimum Gasteiger partial charge on any atom is -0.478 e. The van der Waals surface area contributed by atoms with Gasteiger partial charge in [0.1, 0.15) is 0 Å². The van der Waals surface area contributed by atoms with Crippen LogP contribution in [0.25, 0.3) is 10.9 Å². The number of amides is 1. The lowest BCUT2D eigenvalue weighted by molar-refractivity contribution is -0.131. The number of carboxylic acids is 1. The Morgan fingerprint density at radius 1 is 1.15 bits per heavy atom. The first-order chi connectivity index (χ1) is 13.0. The molecule has 1 aliphatic rings. The number of aliphatic carboxylic acids is 1. The van der Waals surface area contributed by atoms with E-state index in [1.54, 1.807) is 4.90 Å². The van der Waals surface area contributed by atoms with E-state index in [1.165, 1.54) is 5.56 Å². The number of nitrogens with zero attached hydrogens (tertiary/aromatic N) is 1. The van der Waals surface area contributed by atoms with E-state index < -0.39 is 5.97 Å². The van der Waals surface area contributed by atoms with Crippen molar-refractivity contribution in [3.8, 4) is 0 Å². The summed E-state index contributed by atoms with van der Waals surface area (Å²) in [5.41, 5.74) is 6.24. The van der Waals surface area contributed by atoms with Gasteiger partial charge in [-0.05, 0) is 43.5 Å². The molecule has 2 aromatic carbocycles. The van der Waals surface area contributed by atoms with Crippen molar-refractivity contribution >= 4 is 28.5 Å². The van der Waals surface area contributed by atoms with Gasteiger partial charge in [0.25, 0.3) is 5.91 Å². The number of rotatable bonds is 3. The maximum atomic E-state index is 12.9. The third-order valence-electron chi connectivity index (χ3n) is 5.11. The number of anilines is 1. The lowest BCUT2D eigenvalue weighted by Gasteiger charge is -2.25. The zero-order chi connectivity index (χ0) is 19.1. The summed E-state index contributed by atoms with van der Waals surface area (Å²) in [5, 5.41) is 9.99. The molecule has 0 aliphatic carbocycles. The molecule has 1 amide bonds. The molecule has 3 aromatic rings. The summed E-state index contributed by atoms with van der Waals surface area (Å²) in [5.74, 6) is -1.46. The molecule has 0 bridgehead atoms. The Hall–Kier alpha value is -3.34. The van der Waals surface area contributed by atoms with Crippen LogP contribution in [0.3, 0.4) is 0 Å². The smallest absolute Gasteiger partial charge is 0.328 e. The van der Waals surface area contributed by atoms with Gasteiger partial charge in [0, 0.05) is 40.0 Å². The Bertz CT molecular complexity index is 1090. The molecule has 2 N–H and O–H groups in total. The number of benzene rings is 2. The molecule has 1 unspecified atom stereocenters. The zero-order valence-electron chi connectivity index (χ0n) is 15.2. The molecule has 5 nitrogen and oxygen atoms in total. The van der Waals surface area contributed by atoms with Gasteiger partial charge in [-0.3, -0.25) is 4.79 Å². The van der Waals surface area contributed by atoms with E-state index in [0.717, 1.165) is 45.6 Å². The zero-order valence-corrected chi connectivity index (χ0v) is 15.2. The van der Waals surface area contributed by atoms with Crippen LogP contribution in [0.15, 0.2) is 54.6 Å². The van der Waals surface area contributed by atoms with Crippen LogP contribution in [-0.4, -0.2) is 22.0 Å². The van der Waals surface area contributed by atoms with E-state index in [9.17, 15) is 9.59 Å². The first-order valence-electron chi connectivity index (χ1n) is 8.86. The second-order valence-electron chi connectivity index (χ2n) is 6.94. The van der Waals surface area contributed by atoms with E-state index in [-0.39, 0.29) is 11.9 Å². The van der Waals surface area contributed by atoms with Gasteiger partial charge in [0.15, 0.2) is 0 Å². The minimum atomic E-state index is -1.13. The number of carbonyl (C=O) groups excluding carboxylic acids is 1. The standard InChI is InChI=1S/C22H20N2O3/c1-13-7-8-16-17(11-13)23-14(2)22(16)19-12-15-5-3-4-6-18(15)24(19)20(25)9-10-21(26)27/h3-11,19,23H,12H2,1-2H3,(H,26,27)/b10-9-. The fourth-order valence-electron chi connectivity index (χ4n) is 4.01. The molecule has 5 heteroatoms. The van der Waals surface area contributed by atoms with Gasteiger partial charge >= 0.3 is 5.97 Å². The molecule has 0 saturated heterocycles. The van der Waals surface area contributed by atoms with E-state index in [2.05, 4.69) is 23.2 Å². The number of carboxylic acid groups (broad SMARTS) is 1. The van der Waals surface area contributed by atoms with Crippen LogP contribution in [0.5, 0.6) is 0 Å². The number of aromatic nitrogens is 1. The number of H-pyrrole nitrogens is 1. The lowest BCUT2D eigenvalue weighted by Crippen LogP contribution is -2.31. The fourth-order valence-corrected chi connectivity index (χ4v) is 4.01. The van der Waals surface area contributed by atoms with E-state index >= 15 is 0 Å². The number of para-hydroxylation sites is 1. The summed E-state index contributed by atoms with van der Waals surface area (Å²) >= 11 is 0. The van der Waals surface area contributed by atoms with Gasteiger partial charge < -0.3 is 15.0 Å². The molecule has 136 valence electrons. The SMILES string of the molecule is Cc1ccc2c(C3Cc4ccccc4N3C(=O)/C=C\C(=O)O)c(C)[nH]c2c1. The largest absolute Gasteiger partial charge is 0.478 e. The number of hydrogen-bond donors (Lipinski definition) is 2. The van der Waals surface area contributed by atoms with Gasteiger partial charge in [0.05, 0.1) is 6.04 Å². The maximum Gasteiger partial charge on any atom is 0.328 e. The van der Waals surface area contributed by atoms with Crippen molar-refractivity contribution in [2.75, 3.05) is 4.90 Å². The molecule has 1 atom stereocenters. The third-order valence-corrected chi connectivity index (χ3v) is 5.11. The Kier molecular flexibility index (Phi) is 4.07. The number of nitrogens with one attached hydrogen (secondary N) is 1. The van der Waals surface area contributed by atoms with Crippen LogP contribution in [0.2, 0.25) is 0 Å². The molecule has 0 spiro atoms. The summed E-state index contributed by atoms with van der Waals surface area (Å²) in [6, 6.07) is 13.9. The summed E-state index contributed by atoms with van der Waals surface area (Å²) in [7, 11) is 0. The van der Waals surface area contributed by atoms with Gasteiger partial charge in [-0.2, -0.15) is 0 Å². The van der Waals surface area contributed by atoms with Crippen molar-refractivity contribution in [1.29, 1.82) is 0 Å². The van der Waals surface area contributed by atoms with Crippen LogP contribution < -0.4 is 4.90 Å². The first kappa shape index (κ1) is 17.1. The van der Waals surface area contributed by atoms with Crippen molar-refractivity contribution < 1.29 is 14.7 Å². The quantitative estimate of drug-likeness (QED) is 0.692. The second kappa shape index (κ2) is 6.43. The molecule has 0 radical (unpaired) electrons. The van der Waals surface area contributed by atoms with Gasteiger partial charge in [0.2, 0.25) is 0 Å². The molecule has 0 saturated carbocycles. The Morgan fingerprint density at radius 3 is 2.70 bits per heavy atom. The maximum absolute atomic E-state index is 12.9. The van der Waals surface area contributed by atoms with Crippen LogP contribution in [0, 0.1) is 13.8 Å². The van der Waals surface area contributed by atoms with Crippen molar-refractivity contribution in [1.82, 2.24) is 4.98 Å². The molecule has 1 aromatic heterocycles. The fraction of sp³-hybridized carbons (Fsp3) is 0.182. The van der Waals surface area contributed by atoms with E-state index in [1.807, 2.05) is 38.1 Å². The molecule has 4 rings (SSSR count). The first-order valence-corrected chi connectivity index (χ1v) is 8.86. The van der Waals surface area contributed by atoms with Gasteiger partial charge in [-0.1, -0.05) is 30.3 Å². The Balaban J connectivity index is 1.86. The minimum absolute atomic E-state index is 0.176. The van der Waals surface area contributed by atoms with Crippen molar-refractivity contribution in [2.24, 2.45) is 0 Å². The topological polar surface area (TPSA) is 73.4 Å². The average Bonchev–Trinajstić information content (AvgIpc) is 3.15. The predicted octanol–water partition coefficient (Wildman–Crippen LogP) is 4.06. The average molecular weight is 360 g/mol. The van der Waals surface area contributed by atoms with Crippen LogP contribution in [0.4, 0.5) is 5.69 Å². The highest BCUT2D eigenvalue weighted by atomic mass is 16.4. The number of aryl methyl sites for hydroxylation is 2. The molecular formula is C22H20N2O3. The highest BCUT2D eigenvalue weighted by molar-refractivity contribution is 6.06. The summed E-state index contributed by atoms with van der Waals surface area (Å²) in [6.45, 7) is 4.07. The van der Waals surface area contributed by atoms with Crippen LogP contribution in [-0.2, 0) is 16.0 Å². The second-order valence-corrected chi connectivity index (χ2v) is 6.94. The summed E-state index contributed by atoms with van der Waals surface area (Å²) in [6.07, 6.45) is 2.72. The summed E-state index contributed by atoms with van der Waals surface area (Å²) in [4.78, 5) is 28.9. The molecule has 1 aliphatic heterocycles. The lowest BCUT2D eigenvalue weighted by atomic mass is 9.98. The number of hydrogen-bond acceptors (Lipinski definition) is 2. The highest BCUT2D eigenvalue weighted by Crippen LogP contribution is 2.43. The van der Waals surface area contributed by atoms with Crippen molar-refractivity contribution in [3.63, 3.8) is 0 Å². The van der Waals surface area contributed by atoms with Gasteiger partial charge in [-0.15, -0.1) is 0 Å². The third kappa shape index (κ3) is 2.91. The van der Waals surface area contributed by atoms with Crippen LogP contribution in [0.1, 0.15) is 28.4 Å². The van der Waals surface area contributed by atoms with Gasteiger partial charge in [-0.25, -0.2) is 4.79 Å². The molecule has 2 heterocycles. The number of fused-ring (bicyclic) bond motifs is 2. The monoisotopic (exact) mass is 360 g/mol. The van der Waals surface area contributed by atoms with Crippen LogP contribution >= 0.6 is 0 Å². The molecule has 0 fully saturated rings. The Labute approximate surface area is 156 Å². The predicted molar refractivity (Wildman–Crippen MR) is 105 cm³/mol. The summed E-state index contributed by atoms with van der Waals surface area (Å²) < 4.78 is 0. The highest BCUT2D eigenvalue weighted by Gasteiger charge is 2.36. The normalized spacial score (nSPS) is 16.2. The molecule has 27 heavy (non-hydrogen) atoms. The van der Waals surface area contributed by atoms with E-state index in [0.29, 0.717) is 6.42 Å².